The summed E-state index contributed by atoms with van der Waals surface area (Å²) < 4.78 is 0. The number of anilines is 2. The lowest BCUT2D eigenvalue weighted by atomic mass is 10.2. The van der Waals surface area contributed by atoms with Crippen LogP contribution in [0.3, 0.4) is 0 Å². The van der Waals surface area contributed by atoms with Gasteiger partial charge in [-0.2, -0.15) is 5.26 Å². The van der Waals surface area contributed by atoms with Gasteiger partial charge < -0.3 is 10.2 Å². The molecule has 0 fully saturated rings. The molecule has 0 unspecified atom stereocenters. The molecule has 0 spiro atoms. The van der Waals surface area contributed by atoms with E-state index in [9.17, 15) is 4.79 Å². The lowest BCUT2D eigenvalue weighted by Gasteiger charge is -2.18. The highest BCUT2D eigenvalue weighted by molar-refractivity contribution is 5.98. The Hall–Kier alpha value is -2.80. The zero-order valence-corrected chi connectivity index (χ0v) is 11.5. The summed E-state index contributed by atoms with van der Waals surface area (Å²) in [6.07, 6.45) is 0.899. The highest BCUT2D eigenvalue weighted by atomic mass is 16.2. The summed E-state index contributed by atoms with van der Waals surface area (Å²) in [5, 5.41) is 12.1. The summed E-state index contributed by atoms with van der Waals surface area (Å²) in [5.74, 6) is 0.0210. The summed E-state index contributed by atoms with van der Waals surface area (Å²) in [6.45, 7) is 0.910. The molecule has 1 aliphatic heterocycles. The van der Waals surface area contributed by atoms with Crippen molar-refractivity contribution in [3.05, 3.63) is 59.7 Å². The summed E-state index contributed by atoms with van der Waals surface area (Å²) in [6, 6.07) is 17.3. The van der Waals surface area contributed by atoms with E-state index in [4.69, 9.17) is 5.26 Å². The van der Waals surface area contributed by atoms with E-state index in [1.807, 2.05) is 36.4 Å². The van der Waals surface area contributed by atoms with Crippen molar-refractivity contribution in [3.63, 3.8) is 0 Å². The number of rotatable bonds is 3. The van der Waals surface area contributed by atoms with Crippen LogP contribution < -0.4 is 10.2 Å². The van der Waals surface area contributed by atoms with Crippen LogP contribution in [-0.4, -0.2) is 19.0 Å². The smallest absolute Gasteiger partial charge is 0.246 e. The minimum absolute atomic E-state index is 0.0210. The fourth-order valence-electron chi connectivity index (χ4n) is 2.60. The van der Waals surface area contributed by atoms with E-state index in [-0.39, 0.29) is 12.5 Å². The van der Waals surface area contributed by atoms with Crippen molar-refractivity contribution in [3.8, 4) is 6.07 Å². The number of para-hydroxylation sites is 2. The van der Waals surface area contributed by atoms with Gasteiger partial charge in [0, 0.05) is 12.2 Å². The lowest BCUT2D eigenvalue weighted by molar-refractivity contribution is -0.116. The molecule has 1 heterocycles. The Bertz CT molecular complexity index is 718. The number of fused-ring (bicyclic) bond motifs is 1. The number of nitrogens with zero attached hydrogens (tertiary/aromatic N) is 2. The van der Waals surface area contributed by atoms with Crippen molar-refractivity contribution in [2.24, 2.45) is 0 Å². The normalized spacial score (nSPS) is 12.6. The van der Waals surface area contributed by atoms with Crippen LogP contribution in [0.15, 0.2) is 48.5 Å². The number of nitriles is 1. The molecular weight excluding hydrogens is 262 g/mol. The largest absolute Gasteiger partial charge is 0.375 e. The van der Waals surface area contributed by atoms with Crippen LogP contribution in [0.5, 0.6) is 0 Å². The van der Waals surface area contributed by atoms with Gasteiger partial charge in [0.05, 0.1) is 17.8 Å². The quantitative estimate of drug-likeness (QED) is 0.938. The van der Waals surface area contributed by atoms with Gasteiger partial charge in [0.15, 0.2) is 0 Å². The first-order valence-electron chi connectivity index (χ1n) is 6.91. The highest BCUT2D eigenvalue weighted by Gasteiger charge is 2.23. The second kappa shape index (κ2) is 5.68. The number of nitrogens with one attached hydrogen (secondary N) is 1. The minimum Gasteiger partial charge on any atom is -0.375 e. The van der Waals surface area contributed by atoms with Gasteiger partial charge >= 0.3 is 0 Å². The molecule has 21 heavy (non-hydrogen) atoms. The van der Waals surface area contributed by atoms with Gasteiger partial charge in [-0.15, -0.1) is 0 Å². The maximum atomic E-state index is 12.4. The average molecular weight is 277 g/mol. The van der Waals surface area contributed by atoms with Crippen LogP contribution in [-0.2, 0) is 11.2 Å². The lowest BCUT2D eigenvalue weighted by Crippen LogP contribution is -2.34. The van der Waals surface area contributed by atoms with E-state index in [0.29, 0.717) is 11.3 Å². The third-order valence-corrected chi connectivity index (χ3v) is 3.67. The molecule has 2 aromatic rings. The standard InChI is InChI=1S/C17H15N3O/c18-11-14-6-1-3-7-15(14)19-12-17(21)20-10-9-13-5-2-4-8-16(13)20/h1-8,19H,9-10,12H2. The molecule has 0 aliphatic carbocycles. The van der Waals surface area contributed by atoms with Gasteiger partial charge in [-0.05, 0) is 30.2 Å². The van der Waals surface area contributed by atoms with Crippen LogP contribution in [0, 0.1) is 11.3 Å². The Morgan fingerprint density at radius 2 is 1.95 bits per heavy atom. The summed E-state index contributed by atoms with van der Waals surface area (Å²) in [4.78, 5) is 14.2. The second-order valence-electron chi connectivity index (χ2n) is 4.94. The van der Waals surface area contributed by atoms with Crippen molar-refractivity contribution in [2.45, 2.75) is 6.42 Å². The molecule has 2 aromatic carbocycles. The SMILES string of the molecule is N#Cc1ccccc1NCC(=O)N1CCc2ccccc21. The van der Waals surface area contributed by atoms with Gasteiger partial charge in [0.1, 0.15) is 6.07 Å². The molecule has 0 saturated carbocycles. The summed E-state index contributed by atoms with van der Waals surface area (Å²) in [7, 11) is 0. The Balaban J connectivity index is 1.70. The molecule has 0 bridgehead atoms. The maximum absolute atomic E-state index is 12.4. The first-order valence-corrected chi connectivity index (χ1v) is 6.91. The molecule has 0 radical (unpaired) electrons. The van der Waals surface area contributed by atoms with Gasteiger partial charge in [-0.25, -0.2) is 0 Å². The third kappa shape index (κ3) is 2.59. The Morgan fingerprint density at radius 1 is 1.19 bits per heavy atom. The average Bonchev–Trinajstić information content (AvgIpc) is 2.97. The van der Waals surface area contributed by atoms with Gasteiger partial charge in [-0.3, -0.25) is 4.79 Å². The molecule has 1 N–H and O–H groups in total. The van der Waals surface area contributed by atoms with Crippen molar-refractivity contribution < 1.29 is 4.79 Å². The van der Waals surface area contributed by atoms with Gasteiger partial charge in [-0.1, -0.05) is 30.3 Å². The van der Waals surface area contributed by atoms with Crippen molar-refractivity contribution in [1.82, 2.24) is 0 Å². The Morgan fingerprint density at radius 3 is 2.81 bits per heavy atom. The number of amides is 1. The van der Waals surface area contributed by atoms with Crippen LogP contribution in [0.2, 0.25) is 0 Å². The Labute approximate surface area is 123 Å². The molecule has 3 rings (SSSR count). The first-order chi connectivity index (χ1) is 10.3. The number of hydrogen-bond donors (Lipinski definition) is 1. The first kappa shape index (κ1) is 13.2. The van der Waals surface area contributed by atoms with E-state index in [2.05, 4.69) is 17.5 Å². The summed E-state index contributed by atoms with van der Waals surface area (Å²) in [5.41, 5.74) is 3.45. The Kier molecular flexibility index (Phi) is 3.57. The monoisotopic (exact) mass is 277 g/mol. The minimum atomic E-state index is 0.0210. The summed E-state index contributed by atoms with van der Waals surface area (Å²) >= 11 is 0. The number of benzene rings is 2. The number of hydrogen-bond acceptors (Lipinski definition) is 3. The zero-order chi connectivity index (χ0) is 14.7. The number of carbonyl (C=O) groups excluding carboxylic acids is 1. The maximum Gasteiger partial charge on any atom is 0.246 e. The van der Waals surface area contributed by atoms with Gasteiger partial charge in [0.2, 0.25) is 5.91 Å². The van der Waals surface area contributed by atoms with Crippen LogP contribution >= 0.6 is 0 Å². The van der Waals surface area contributed by atoms with E-state index >= 15 is 0 Å². The van der Waals surface area contributed by atoms with Crippen molar-refractivity contribution in [1.29, 1.82) is 5.26 Å². The molecule has 4 nitrogen and oxygen atoms in total. The highest BCUT2D eigenvalue weighted by Crippen LogP contribution is 2.27. The number of carbonyl (C=O) groups is 1. The van der Waals surface area contributed by atoms with E-state index in [0.717, 1.165) is 18.7 Å². The van der Waals surface area contributed by atoms with E-state index < -0.39 is 0 Å². The van der Waals surface area contributed by atoms with Gasteiger partial charge in [0.25, 0.3) is 0 Å². The topological polar surface area (TPSA) is 56.1 Å². The molecule has 0 atom stereocenters. The fraction of sp³-hybridized carbons (Fsp3) is 0.176. The molecular formula is C17H15N3O. The predicted molar refractivity (Wildman–Crippen MR) is 82.1 cm³/mol. The van der Waals surface area contributed by atoms with Crippen molar-refractivity contribution >= 4 is 17.3 Å². The molecule has 1 aliphatic rings. The molecule has 4 heteroatoms. The molecule has 0 saturated heterocycles. The second-order valence-corrected chi connectivity index (χ2v) is 4.94. The van der Waals surface area contributed by atoms with Crippen molar-refractivity contribution in [2.75, 3.05) is 23.3 Å². The van der Waals surface area contributed by atoms with Crippen LogP contribution in [0.4, 0.5) is 11.4 Å². The van der Waals surface area contributed by atoms with E-state index in [1.54, 1.807) is 11.0 Å². The predicted octanol–water partition coefficient (Wildman–Crippen LogP) is 2.56. The molecule has 0 aromatic heterocycles. The zero-order valence-electron chi connectivity index (χ0n) is 11.5. The fourth-order valence-corrected chi connectivity index (χ4v) is 2.60. The third-order valence-electron chi connectivity index (χ3n) is 3.67. The van der Waals surface area contributed by atoms with Crippen LogP contribution in [0.1, 0.15) is 11.1 Å². The molecule has 104 valence electrons. The molecule has 1 amide bonds. The van der Waals surface area contributed by atoms with Crippen LogP contribution in [0.25, 0.3) is 0 Å². The van der Waals surface area contributed by atoms with E-state index in [1.165, 1.54) is 5.56 Å².